The summed E-state index contributed by atoms with van der Waals surface area (Å²) < 4.78 is 0. The molecule has 0 radical (unpaired) electrons. The number of fused-ring (bicyclic) bond motifs is 1. The van der Waals surface area contributed by atoms with Gasteiger partial charge in [-0.15, -0.1) is 0 Å². The largest absolute Gasteiger partial charge is 0.392 e. The van der Waals surface area contributed by atoms with Gasteiger partial charge in [-0.25, -0.2) is 4.98 Å². The van der Waals surface area contributed by atoms with Gasteiger partial charge < -0.3 is 10.4 Å². The molecule has 0 saturated heterocycles. The number of aromatic nitrogens is 1. The van der Waals surface area contributed by atoms with Crippen molar-refractivity contribution in [3.63, 3.8) is 0 Å². The van der Waals surface area contributed by atoms with E-state index >= 15 is 0 Å². The normalized spacial score (nSPS) is 10.4. The highest BCUT2D eigenvalue weighted by atomic mass is 16.3. The molecular formula is C19H17N3O. The number of pyridine rings is 1. The molecule has 4 heteroatoms. The summed E-state index contributed by atoms with van der Waals surface area (Å²) in [6, 6.07) is 19.5. The fourth-order valence-corrected chi connectivity index (χ4v) is 2.44. The van der Waals surface area contributed by atoms with Gasteiger partial charge in [-0.05, 0) is 47.9 Å². The molecule has 0 bridgehead atoms. The Hall–Kier alpha value is -2.90. The molecule has 0 fully saturated rings. The van der Waals surface area contributed by atoms with Crippen LogP contribution in [0.5, 0.6) is 0 Å². The van der Waals surface area contributed by atoms with Gasteiger partial charge in [-0.2, -0.15) is 5.26 Å². The average Bonchev–Trinajstić information content (AvgIpc) is 2.62. The second-order valence-corrected chi connectivity index (χ2v) is 5.37. The van der Waals surface area contributed by atoms with Crippen molar-refractivity contribution in [1.82, 2.24) is 4.98 Å². The van der Waals surface area contributed by atoms with Crippen molar-refractivity contribution in [2.75, 3.05) is 11.9 Å². The van der Waals surface area contributed by atoms with Crippen molar-refractivity contribution in [3.8, 4) is 6.07 Å². The van der Waals surface area contributed by atoms with Gasteiger partial charge in [0.2, 0.25) is 0 Å². The number of aliphatic hydroxyl groups excluding tert-OH is 1. The number of aliphatic hydroxyl groups is 1. The Bertz CT molecular complexity index is 851. The highest BCUT2D eigenvalue weighted by Gasteiger charge is 2.00. The van der Waals surface area contributed by atoms with E-state index in [1.54, 1.807) is 6.07 Å². The number of nitriles is 1. The van der Waals surface area contributed by atoms with Crippen LogP contribution in [0.3, 0.4) is 0 Å². The highest BCUT2D eigenvalue weighted by molar-refractivity contribution is 5.81. The number of nitrogens with one attached hydrogen (secondary N) is 1. The van der Waals surface area contributed by atoms with Crippen LogP contribution in [0.4, 0.5) is 5.82 Å². The first-order chi connectivity index (χ1) is 11.3. The monoisotopic (exact) mass is 303 g/mol. The molecule has 0 aliphatic heterocycles. The fourth-order valence-electron chi connectivity index (χ4n) is 2.44. The summed E-state index contributed by atoms with van der Waals surface area (Å²) in [5.41, 5.74) is 3.66. The van der Waals surface area contributed by atoms with E-state index in [-0.39, 0.29) is 6.61 Å². The highest BCUT2D eigenvalue weighted by Crippen LogP contribution is 2.16. The predicted octanol–water partition coefficient (Wildman–Crippen LogP) is 3.25. The zero-order valence-electron chi connectivity index (χ0n) is 12.7. The minimum Gasteiger partial charge on any atom is -0.392 e. The van der Waals surface area contributed by atoms with Crippen LogP contribution in [0.25, 0.3) is 10.9 Å². The second-order valence-electron chi connectivity index (χ2n) is 5.37. The molecule has 3 aromatic rings. The summed E-state index contributed by atoms with van der Waals surface area (Å²) >= 11 is 0. The van der Waals surface area contributed by atoms with Gasteiger partial charge in [0, 0.05) is 11.9 Å². The van der Waals surface area contributed by atoms with E-state index < -0.39 is 0 Å². The molecule has 0 unspecified atom stereocenters. The average molecular weight is 303 g/mol. The molecule has 1 aromatic heterocycles. The lowest BCUT2D eigenvalue weighted by molar-refractivity contribution is 0.282. The van der Waals surface area contributed by atoms with Crippen LogP contribution in [0.1, 0.15) is 16.7 Å². The molecule has 4 nitrogen and oxygen atoms in total. The number of hydrogen-bond acceptors (Lipinski definition) is 4. The van der Waals surface area contributed by atoms with E-state index in [1.165, 1.54) is 5.56 Å². The van der Waals surface area contributed by atoms with Gasteiger partial charge >= 0.3 is 0 Å². The van der Waals surface area contributed by atoms with Crippen molar-refractivity contribution < 1.29 is 5.11 Å². The first kappa shape index (κ1) is 15.0. The molecule has 0 spiro atoms. The Morgan fingerprint density at radius 3 is 2.52 bits per heavy atom. The topological polar surface area (TPSA) is 68.9 Å². The van der Waals surface area contributed by atoms with Crippen LogP contribution in [-0.4, -0.2) is 16.6 Å². The Morgan fingerprint density at radius 1 is 1.00 bits per heavy atom. The second kappa shape index (κ2) is 6.91. The third-order valence-corrected chi connectivity index (χ3v) is 3.74. The molecule has 1 heterocycles. The van der Waals surface area contributed by atoms with Crippen LogP contribution >= 0.6 is 0 Å². The van der Waals surface area contributed by atoms with E-state index in [2.05, 4.69) is 16.4 Å². The van der Waals surface area contributed by atoms with Gasteiger partial charge in [0.1, 0.15) is 5.82 Å². The molecule has 2 aromatic carbocycles. The number of rotatable bonds is 5. The maximum Gasteiger partial charge on any atom is 0.126 e. The lowest BCUT2D eigenvalue weighted by Gasteiger charge is -2.07. The molecule has 0 amide bonds. The van der Waals surface area contributed by atoms with Crippen molar-refractivity contribution in [3.05, 3.63) is 71.3 Å². The molecule has 3 rings (SSSR count). The van der Waals surface area contributed by atoms with Crippen molar-refractivity contribution in [2.45, 2.75) is 13.0 Å². The predicted molar refractivity (Wildman–Crippen MR) is 91.0 cm³/mol. The Kier molecular flexibility index (Phi) is 4.51. The van der Waals surface area contributed by atoms with Crippen molar-refractivity contribution >= 4 is 16.7 Å². The van der Waals surface area contributed by atoms with E-state index in [0.29, 0.717) is 5.56 Å². The molecule has 114 valence electrons. The first-order valence-electron chi connectivity index (χ1n) is 7.52. The maximum atomic E-state index is 9.03. The van der Waals surface area contributed by atoms with Crippen molar-refractivity contribution in [2.24, 2.45) is 0 Å². The zero-order valence-corrected chi connectivity index (χ0v) is 12.7. The first-order valence-corrected chi connectivity index (χ1v) is 7.52. The quantitative estimate of drug-likeness (QED) is 0.759. The van der Waals surface area contributed by atoms with Gasteiger partial charge in [0.25, 0.3) is 0 Å². The summed E-state index contributed by atoms with van der Waals surface area (Å²) in [4.78, 5) is 4.56. The van der Waals surface area contributed by atoms with Gasteiger partial charge in [-0.1, -0.05) is 24.3 Å². The summed E-state index contributed by atoms with van der Waals surface area (Å²) in [6.07, 6.45) is 0.888. The third-order valence-electron chi connectivity index (χ3n) is 3.74. The fraction of sp³-hybridized carbons (Fsp3) is 0.158. The Morgan fingerprint density at radius 2 is 1.78 bits per heavy atom. The van der Waals surface area contributed by atoms with E-state index in [4.69, 9.17) is 10.4 Å². The molecular weight excluding hydrogens is 286 g/mol. The lowest BCUT2D eigenvalue weighted by Crippen LogP contribution is -2.06. The summed E-state index contributed by atoms with van der Waals surface area (Å²) in [5.74, 6) is 0.828. The molecule has 0 aliphatic rings. The standard InChI is InChI=1S/C19H17N3O/c20-12-16-5-7-18-17(11-16)6-8-19(22-18)21-10-9-14-1-3-15(13-23)4-2-14/h1-8,11,23H,9-10,13H2,(H,21,22). The minimum atomic E-state index is 0.0764. The van der Waals surface area contributed by atoms with Crippen molar-refractivity contribution in [1.29, 1.82) is 5.26 Å². The molecule has 2 N–H and O–H groups in total. The zero-order chi connectivity index (χ0) is 16.1. The molecule has 0 aliphatic carbocycles. The number of hydrogen-bond donors (Lipinski definition) is 2. The number of benzene rings is 2. The lowest BCUT2D eigenvalue weighted by atomic mass is 10.1. The summed E-state index contributed by atoms with van der Waals surface area (Å²) in [7, 11) is 0. The van der Waals surface area contributed by atoms with Gasteiger partial charge in [0.05, 0.1) is 23.8 Å². The smallest absolute Gasteiger partial charge is 0.126 e. The van der Waals surface area contributed by atoms with E-state index in [9.17, 15) is 0 Å². The molecule has 0 atom stereocenters. The van der Waals surface area contributed by atoms with Crippen LogP contribution < -0.4 is 5.32 Å². The Labute approximate surface area is 135 Å². The van der Waals surface area contributed by atoms with Crippen LogP contribution in [-0.2, 0) is 13.0 Å². The molecule has 23 heavy (non-hydrogen) atoms. The summed E-state index contributed by atoms with van der Waals surface area (Å²) in [6.45, 7) is 0.861. The molecule has 0 saturated carbocycles. The van der Waals surface area contributed by atoms with Crippen LogP contribution in [0, 0.1) is 11.3 Å². The number of nitrogens with zero attached hydrogens (tertiary/aromatic N) is 2. The Balaban J connectivity index is 1.63. The SMILES string of the molecule is N#Cc1ccc2nc(NCCc3ccc(CO)cc3)ccc2c1. The summed E-state index contributed by atoms with van der Waals surface area (Å²) in [5, 5.41) is 22.2. The van der Waals surface area contributed by atoms with E-state index in [0.717, 1.165) is 35.2 Å². The van der Waals surface area contributed by atoms with Crippen LogP contribution in [0.15, 0.2) is 54.6 Å². The maximum absolute atomic E-state index is 9.03. The van der Waals surface area contributed by atoms with E-state index in [1.807, 2.05) is 48.5 Å². The third kappa shape index (κ3) is 3.65. The number of anilines is 1. The van der Waals surface area contributed by atoms with Gasteiger partial charge in [0.15, 0.2) is 0 Å². The minimum absolute atomic E-state index is 0.0764. The van der Waals surface area contributed by atoms with Gasteiger partial charge in [-0.3, -0.25) is 0 Å². The van der Waals surface area contributed by atoms with Crippen LogP contribution in [0.2, 0.25) is 0 Å².